The molecule has 0 aromatic heterocycles. The van der Waals surface area contributed by atoms with Crippen molar-refractivity contribution in [2.45, 2.75) is 0 Å². The summed E-state index contributed by atoms with van der Waals surface area (Å²) < 4.78 is 0. The van der Waals surface area contributed by atoms with E-state index in [2.05, 4.69) is 6.07 Å². The van der Waals surface area contributed by atoms with Crippen LogP contribution in [-0.2, 0) is 0 Å². The van der Waals surface area contributed by atoms with Gasteiger partial charge in [-0.25, -0.2) is 0 Å². The highest BCUT2D eigenvalue weighted by atomic mass is 16.3. The maximum atomic E-state index is 9.50. The van der Waals surface area contributed by atoms with Gasteiger partial charge in [-0.2, -0.15) is 0 Å². The Morgan fingerprint density at radius 3 is 2.56 bits per heavy atom. The minimum absolute atomic E-state index is 0.135. The van der Waals surface area contributed by atoms with E-state index < -0.39 is 0 Å². The molecule has 3 rings (SSSR count). The van der Waals surface area contributed by atoms with E-state index in [4.69, 9.17) is 0 Å². The molecule has 0 bridgehead atoms. The van der Waals surface area contributed by atoms with E-state index in [1.807, 2.05) is 36.4 Å². The Bertz CT molecular complexity index is 687. The number of fused-ring (bicyclic) bond motifs is 3. The molecule has 0 aliphatic carbocycles. The number of phenolic OH excluding ortho intramolecular Hbond substituents is 2. The highest BCUT2D eigenvalue weighted by Crippen LogP contribution is 2.33. The van der Waals surface area contributed by atoms with E-state index >= 15 is 0 Å². The smallest absolute Gasteiger partial charge is 0.166 e. The molecule has 2 nitrogen and oxygen atoms in total. The molecule has 0 aliphatic heterocycles. The van der Waals surface area contributed by atoms with Crippen molar-refractivity contribution in [3.8, 4) is 11.5 Å². The lowest BCUT2D eigenvalue weighted by Crippen LogP contribution is -1.78. The minimum Gasteiger partial charge on any atom is -0.504 e. The number of aromatic hydroxyl groups is 2. The summed E-state index contributed by atoms with van der Waals surface area (Å²) in [5, 5.41) is 22.7. The van der Waals surface area contributed by atoms with Gasteiger partial charge < -0.3 is 10.2 Å². The molecule has 0 saturated carbocycles. The summed E-state index contributed by atoms with van der Waals surface area (Å²) >= 11 is 0. The predicted molar refractivity (Wildman–Crippen MR) is 63.6 cm³/mol. The molecule has 0 saturated heterocycles. The summed E-state index contributed by atoms with van der Waals surface area (Å²) in [6.07, 6.45) is 0. The van der Waals surface area contributed by atoms with Crippen LogP contribution in [0, 0.1) is 6.07 Å². The van der Waals surface area contributed by atoms with Gasteiger partial charge in [0.25, 0.3) is 0 Å². The second-order valence-electron chi connectivity index (χ2n) is 3.75. The van der Waals surface area contributed by atoms with Crippen LogP contribution in [0.2, 0.25) is 0 Å². The van der Waals surface area contributed by atoms with Crippen LogP contribution < -0.4 is 0 Å². The fourth-order valence-electron chi connectivity index (χ4n) is 1.96. The van der Waals surface area contributed by atoms with Gasteiger partial charge in [-0.3, -0.25) is 0 Å². The average molecular weight is 209 g/mol. The molecule has 0 heterocycles. The highest BCUT2D eigenvalue weighted by molar-refractivity contribution is 6.08. The fourth-order valence-corrected chi connectivity index (χ4v) is 1.96. The van der Waals surface area contributed by atoms with Gasteiger partial charge in [0.05, 0.1) is 0 Å². The van der Waals surface area contributed by atoms with Crippen molar-refractivity contribution in [2.75, 3.05) is 0 Å². The van der Waals surface area contributed by atoms with Gasteiger partial charge in [-0.05, 0) is 27.6 Å². The van der Waals surface area contributed by atoms with E-state index in [-0.39, 0.29) is 11.5 Å². The molecule has 0 atom stereocenters. The van der Waals surface area contributed by atoms with Crippen LogP contribution >= 0.6 is 0 Å². The standard InChI is InChI=1S/C14H9O2/c15-13-7-10-6-5-9-3-1-2-4-11(9)12(10)8-14(13)16/h1-6,8,15-16H. The molecule has 77 valence electrons. The summed E-state index contributed by atoms with van der Waals surface area (Å²) in [7, 11) is 0. The van der Waals surface area contributed by atoms with Gasteiger partial charge >= 0.3 is 0 Å². The lowest BCUT2D eigenvalue weighted by molar-refractivity contribution is 0.404. The quantitative estimate of drug-likeness (QED) is 0.441. The zero-order valence-electron chi connectivity index (χ0n) is 8.44. The Labute approximate surface area is 92.4 Å². The molecule has 0 amide bonds. The molecule has 1 radical (unpaired) electrons. The van der Waals surface area contributed by atoms with Gasteiger partial charge in [0.15, 0.2) is 11.5 Å². The number of phenols is 2. The summed E-state index contributed by atoms with van der Waals surface area (Å²) in [5.74, 6) is -0.341. The van der Waals surface area contributed by atoms with Crippen molar-refractivity contribution in [3.05, 3.63) is 48.5 Å². The Balaban J connectivity index is 2.55. The average Bonchev–Trinajstić information content (AvgIpc) is 2.31. The zero-order chi connectivity index (χ0) is 11.1. The second kappa shape index (κ2) is 3.14. The maximum Gasteiger partial charge on any atom is 0.166 e. The molecule has 2 heteroatoms. The third-order valence-electron chi connectivity index (χ3n) is 2.75. The molecule has 3 aromatic rings. The Morgan fingerprint density at radius 1 is 0.875 bits per heavy atom. The molecule has 0 unspecified atom stereocenters. The van der Waals surface area contributed by atoms with E-state index in [9.17, 15) is 10.2 Å². The number of rotatable bonds is 0. The van der Waals surface area contributed by atoms with Crippen LogP contribution in [0.5, 0.6) is 11.5 Å². The van der Waals surface area contributed by atoms with Crippen LogP contribution in [0.25, 0.3) is 21.5 Å². The normalized spacial score (nSPS) is 11.0. The topological polar surface area (TPSA) is 40.5 Å². The first-order valence-electron chi connectivity index (χ1n) is 5.01. The Kier molecular flexibility index (Phi) is 1.77. The largest absolute Gasteiger partial charge is 0.504 e. The number of hydrogen-bond donors (Lipinski definition) is 2. The molecular weight excluding hydrogens is 200 g/mol. The summed E-state index contributed by atoms with van der Waals surface area (Å²) in [4.78, 5) is 0. The van der Waals surface area contributed by atoms with E-state index in [0.29, 0.717) is 0 Å². The van der Waals surface area contributed by atoms with Crippen LogP contribution in [0.1, 0.15) is 0 Å². The first kappa shape index (κ1) is 9.04. The first-order valence-corrected chi connectivity index (χ1v) is 5.01. The van der Waals surface area contributed by atoms with E-state index in [1.165, 1.54) is 0 Å². The third kappa shape index (κ3) is 1.20. The number of hydrogen-bond acceptors (Lipinski definition) is 2. The second-order valence-corrected chi connectivity index (χ2v) is 3.75. The molecule has 16 heavy (non-hydrogen) atoms. The predicted octanol–water partition coefficient (Wildman–Crippen LogP) is 3.20. The van der Waals surface area contributed by atoms with Crippen LogP contribution in [0.15, 0.2) is 42.5 Å². The summed E-state index contributed by atoms with van der Waals surface area (Å²) in [6, 6.07) is 16.1. The SMILES string of the molecule is Oc1[c]c2ccc3ccccc3c2cc1O. The van der Waals surface area contributed by atoms with Gasteiger partial charge in [0.1, 0.15) is 0 Å². The fraction of sp³-hybridized carbons (Fsp3) is 0. The van der Waals surface area contributed by atoms with Gasteiger partial charge in [-0.15, -0.1) is 0 Å². The molecule has 0 aliphatic rings. The van der Waals surface area contributed by atoms with Crippen molar-refractivity contribution in [3.63, 3.8) is 0 Å². The highest BCUT2D eigenvalue weighted by Gasteiger charge is 2.05. The molecule has 0 spiro atoms. The van der Waals surface area contributed by atoms with E-state index in [1.54, 1.807) is 6.07 Å². The summed E-state index contributed by atoms with van der Waals surface area (Å²) in [5.41, 5.74) is 0. The van der Waals surface area contributed by atoms with Crippen molar-refractivity contribution >= 4 is 21.5 Å². The van der Waals surface area contributed by atoms with Crippen molar-refractivity contribution in [1.82, 2.24) is 0 Å². The van der Waals surface area contributed by atoms with Crippen molar-refractivity contribution < 1.29 is 10.2 Å². The lowest BCUT2D eigenvalue weighted by Gasteiger charge is -2.05. The van der Waals surface area contributed by atoms with Gasteiger partial charge in [0, 0.05) is 6.07 Å². The maximum absolute atomic E-state index is 9.50. The van der Waals surface area contributed by atoms with Crippen LogP contribution in [0.3, 0.4) is 0 Å². The monoisotopic (exact) mass is 209 g/mol. The summed E-state index contributed by atoms with van der Waals surface area (Å²) in [6.45, 7) is 0. The molecular formula is C14H9O2. The van der Waals surface area contributed by atoms with E-state index in [0.717, 1.165) is 21.5 Å². The van der Waals surface area contributed by atoms with Crippen molar-refractivity contribution in [2.24, 2.45) is 0 Å². The number of benzene rings is 3. The third-order valence-corrected chi connectivity index (χ3v) is 2.75. The Morgan fingerprint density at radius 2 is 1.69 bits per heavy atom. The Hall–Kier alpha value is -2.22. The lowest BCUT2D eigenvalue weighted by atomic mass is 10.0. The molecule has 2 N–H and O–H groups in total. The molecule has 0 fully saturated rings. The minimum atomic E-state index is -0.206. The van der Waals surface area contributed by atoms with Crippen molar-refractivity contribution in [1.29, 1.82) is 0 Å². The van der Waals surface area contributed by atoms with Gasteiger partial charge in [-0.1, -0.05) is 36.4 Å². The van der Waals surface area contributed by atoms with Crippen LogP contribution in [0.4, 0.5) is 0 Å². The zero-order valence-corrected chi connectivity index (χ0v) is 8.44. The molecule has 3 aromatic carbocycles. The van der Waals surface area contributed by atoms with Gasteiger partial charge in [0.2, 0.25) is 0 Å². The first-order chi connectivity index (χ1) is 7.75. The van der Waals surface area contributed by atoms with Crippen LogP contribution in [-0.4, -0.2) is 10.2 Å².